The van der Waals surface area contributed by atoms with E-state index in [4.69, 9.17) is 0 Å². The van der Waals surface area contributed by atoms with E-state index in [1.165, 1.54) is 18.9 Å². The molecule has 3 heterocycles. The van der Waals surface area contributed by atoms with Crippen LogP contribution in [-0.2, 0) is 13.1 Å². The second-order valence-corrected chi connectivity index (χ2v) is 10.7. The molecule has 0 saturated heterocycles. The van der Waals surface area contributed by atoms with Crippen molar-refractivity contribution in [1.82, 2.24) is 20.3 Å². The minimum atomic E-state index is -0.952. The zero-order valence-corrected chi connectivity index (χ0v) is 23.4. The fourth-order valence-corrected chi connectivity index (χ4v) is 5.33. The third-order valence-electron chi connectivity index (χ3n) is 6.57. The van der Waals surface area contributed by atoms with Crippen LogP contribution < -0.4 is 16.0 Å². The maximum atomic E-state index is 13.5. The first-order valence-electron chi connectivity index (χ1n) is 13.5. The van der Waals surface area contributed by atoms with Crippen LogP contribution in [0.5, 0.6) is 0 Å². The van der Waals surface area contributed by atoms with Crippen molar-refractivity contribution in [2.75, 3.05) is 17.2 Å². The van der Waals surface area contributed by atoms with Gasteiger partial charge in [-0.15, -0.1) is 11.3 Å². The van der Waals surface area contributed by atoms with Crippen molar-refractivity contribution in [2.24, 2.45) is 0 Å². The molecule has 5 rings (SSSR count). The predicted molar refractivity (Wildman–Crippen MR) is 160 cm³/mol. The number of rotatable bonds is 12. The van der Waals surface area contributed by atoms with E-state index in [9.17, 15) is 13.6 Å². The molecule has 0 aliphatic heterocycles. The molecule has 0 atom stereocenters. The van der Waals surface area contributed by atoms with E-state index in [1.807, 2.05) is 12.1 Å². The molecule has 0 bridgehead atoms. The van der Waals surface area contributed by atoms with Crippen molar-refractivity contribution in [3.05, 3.63) is 101 Å². The molecule has 0 unspecified atom stereocenters. The first-order chi connectivity index (χ1) is 20.0. The van der Waals surface area contributed by atoms with Gasteiger partial charge in [0.15, 0.2) is 11.6 Å². The van der Waals surface area contributed by atoms with E-state index in [1.54, 1.807) is 36.0 Å². The van der Waals surface area contributed by atoms with Crippen LogP contribution in [0.15, 0.2) is 73.2 Å². The van der Waals surface area contributed by atoms with Crippen LogP contribution in [0.2, 0.25) is 0 Å². The van der Waals surface area contributed by atoms with Crippen LogP contribution in [0.1, 0.15) is 47.0 Å². The van der Waals surface area contributed by atoms with Gasteiger partial charge < -0.3 is 16.0 Å². The smallest absolute Gasteiger partial charge is 0.255 e. The first kappa shape index (κ1) is 28.1. The molecule has 210 valence electrons. The summed E-state index contributed by atoms with van der Waals surface area (Å²) in [5, 5.41) is 10.4. The van der Waals surface area contributed by atoms with Gasteiger partial charge in [0.25, 0.3) is 5.91 Å². The maximum Gasteiger partial charge on any atom is 0.255 e. The lowest BCUT2D eigenvalue weighted by atomic mass is 10.1. The molecule has 2 aromatic carbocycles. The number of carbonyl (C=O) groups excluding carboxylic acids is 1. The number of anilines is 2. The zero-order chi connectivity index (χ0) is 28.6. The number of benzene rings is 2. The highest BCUT2D eigenvalue weighted by molar-refractivity contribution is 7.15. The number of thiophene rings is 1. The standard InChI is InChI=1S/C31H30F2N6OS/c1-2-3-4-13-34-30-24-16-21(8-11-27(24)38-19-39-30)28-12-9-22(41-28)18-36-29-23(6-5-14-35-29)31(40)37-17-20-7-10-25(32)26(33)15-20/h5-12,14-16,19H,2-4,13,17-18H2,1H3,(H,35,36)(H,37,40)(H,34,38,39). The van der Waals surface area contributed by atoms with E-state index >= 15 is 0 Å². The summed E-state index contributed by atoms with van der Waals surface area (Å²) in [5.74, 6) is -0.962. The van der Waals surface area contributed by atoms with Gasteiger partial charge in [0.2, 0.25) is 0 Å². The van der Waals surface area contributed by atoms with Gasteiger partial charge in [-0.25, -0.2) is 23.7 Å². The average Bonchev–Trinajstić information content (AvgIpc) is 3.48. The summed E-state index contributed by atoms with van der Waals surface area (Å²) in [6.45, 7) is 3.60. The van der Waals surface area contributed by atoms with Gasteiger partial charge in [-0.3, -0.25) is 4.79 Å². The van der Waals surface area contributed by atoms with Crippen LogP contribution in [0.3, 0.4) is 0 Å². The van der Waals surface area contributed by atoms with Gasteiger partial charge in [-0.05, 0) is 66.1 Å². The Morgan fingerprint density at radius 1 is 0.878 bits per heavy atom. The third-order valence-corrected chi connectivity index (χ3v) is 7.71. The Labute approximate surface area is 241 Å². The summed E-state index contributed by atoms with van der Waals surface area (Å²) in [6, 6.07) is 17.2. The quantitative estimate of drug-likeness (QED) is 0.137. The summed E-state index contributed by atoms with van der Waals surface area (Å²) in [4.78, 5) is 28.3. The molecule has 1 amide bonds. The van der Waals surface area contributed by atoms with Gasteiger partial charge >= 0.3 is 0 Å². The summed E-state index contributed by atoms with van der Waals surface area (Å²) in [5.41, 5.74) is 2.79. The van der Waals surface area contributed by atoms with Gasteiger partial charge in [-0.2, -0.15) is 0 Å². The lowest BCUT2D eigenvalue weighted by Crippen LogP contribution is -2.24. The number of nitrogens with zero attached hydrogens (tertiary/aromatic N) is 3. The van der Waals surface area contributed by atoms with Gasteiger partial charge in [0.05, 0.1) is 17.6 Å². The number of halogens is 2. The van der Waals surface area contributed by atoms with E-state index in [2.05, 4.69) is 56.0 Å². The Hall–Kier alpha value is -4.44. The van der Waals surface area contributed by atoms with Gasteiger partial charge in [0, 0.05) is 34.4 Å². The van der Waals surface area contributed by atoms with Crippen LogP contribution in [-0.4, -0.2) is 27.4 Å². The number of pyridine rings is 1. The predicted octanol–water partition coefficient (Wildman–Crippen LogP) is 7.18. The molecule has 0 aliphatic rings. The average molecular weight is 573 g/mol. The van der Waals surface area contributed by atoms with E-state index in [0.717, 1.165) is 57.1 Å². The number of unbranched alkanes of at least 4 members (excludes halogenated alkanes) is 2. The zero-order valence-electron chi connectivity index (χ0n) is 22.6. The molecule has 0 saturated carbocycles. The molecular formula is C31H30F2N6OS. The molecular weight excluding hydrogens is 542 g/mol. The van der Waals surface area contributed by atoms with Gasteiger partial charge in [-0.1, -0.05) is 31.9 Å². The third kappa shape index (κ3) is 7.01. The van der Waals surface area contributed by atoms with Crippen LogP contribution in [0.25, 0.3) is 21.3 Å². The molecule has 10 heteroatoms. The van der Waals surface area contributed by atoms with E-state index in [-0.39, 0.29) is 12.5 Å². The molecule has 41 heavy (non-hydrogen) atoms. The number of hydrogen-bond acceptors (Lipinski definition) is 7. The Morgan fingerprint density at radius 3 is 2.63 bits per heavy atom. The highest BCUT2D eigenvalue weighted by Gasteiger charge is 2.14. The fraction of sp³-hybridized carbons (Fsp3) is 0.226. The maximum absolute atomic E-state index is 13.5. The monoisotopic (exact) mass is 572 g/mol. The number of amides is 1. The van der Waals surface area contributed by atoms with Crippen LogP contribution >= 0.6 is 11.3 Å². The van der Waals surface area contributed by atoms with Crippen molar-refractivity contribution in [3.8, 4) is 10.4 Å². The van der Waals surface area contributed by atoms with Crippen LogP contribution in [0.4, 0.5) is 20.4 Å². The Balaban J connectivity index is 1.25. The van der Waals surface area contributed by atoms with Gasteiger partial charge in [0.1, 0.15) is 18.0 Å². The van der Waals surface area contributed by atoms with Crippen molar-refractivity contribution in [3.63, 3.8) is 0 Å². The number of carbonyl (C=O) groups is 1. The largest absolute Gasteiger partial charge is 0.369 e. The minimum absolute atomic E-state index is 0.0609. The summed E-state index contributed by atoms with van der Waals surface area (Å²) in [7, 11) is 0. The molecule has 5 aromatic rings. The van der Waals surface area contributed by atoms with Crippen molar-refractivity contribution in [1.29, 1.82) is 0 Å². The normalized spacial score (nSPS) is 11.0. The first-order valence-corrected chi connectivity index (χ1v) is 14.3. The van der Waals surface area contributed by atoms with Crippen molar-refractivity contribution >= 4 is 39.8 Å². The summed E-state index contributed by atoms with van der Waals surface area (Å²) < 4.78 is 26.7. The SMILES string of the molecule is CCCCCNc1ncnc2ccc(-c3ccc(CNc4ncccc4C(=O)NCc4ccc(F)c(F)c4)s3)cc12. The highest BCUT2D eigenvalue weighted by atomic mass is 32.1. The topological polar surface area (TPSA) is 91.8 Å². The molecule has 0 spiro atoms. The van der Waals surface area contributed by atoms with E-state index < -0.39 is 11.6 Å². The van der Waals surface area contributed by atoms with Crippen molar-refractivity contribution in [2.45, 2.75) is 39.3 Å². The Kier molecular flexibility index (Phi) is 9.10. The molecule has 3 aromatic heterocycles. The Bertz CT molecular complexity index is 1660. The highest BCUT2D eigenvalue weighted by Crippen LogP contribution is 2.32. The summed E-state index contributed by atoms with van der Waals surface area (Å²) in [6.07, 6.45) is 6.64. The summed E-state index contributed by atoms with van der Waals surface area (Å²) >= 11 is 1.65. The lowest BCUT2D eigenvalue weighted by Gasteiger charge is -2.11. The Morgan fingerprint density at radius 2 is 1.78 bits per heavy atom. The number of nitrogens with one attached hydrogen (secondary N) is 3. The number of fused-ring (bicyclic) bond motifs is 1. The second-order valence-electron chi connectivity index (χ2n) is 9.54. The molecule has 0 radical (unpaired) electrons. The number of hydrogen-bond donors (Lipinski definition) is 3. The second kappa shape index (κ2) is 13.3. The van der Waals surface area contributed by atoms with Crippen LogP contribution in [0, 0.1) is 11.6 Å². The molecule has 3 N–H and O–H groups in total. The molecule has 7 nitrogen and oxygen atoms in total. The minimum Gasteiger partial charge on any atom is -0.369 e. The van der Waals surface area contributed by atoms with Crippen molar-refractivity contribution < 1.29 is 13.6 Å². The molecule has 0 aliphatic carbocycles. The molecule has 0 fully saturated rings. The lowest BCUT2D eigenvalue weighted by molar-refractivity contribution is 0.0951. The van der Waals surface area contributed by atoms with E-state index in [0.29, 0.717) is 23.5 Å². The fourth-order valence-electron chi connectivity index (χ4n) is 4.39. The number of aromatic nitrogens is 3.